The van der Waals surface area contributed by atoms with E-state index in [4.69, 9.17) is 4.74 Å². The molecule has 1 aromatic heterocycles. The quantitative estimate of drug-likeness (QED) is 0.827. The highest BCUT2D eigenvalue weighted by Gasteiger charge is 2.09. The number of nitrogens with zero attached hydrogens (tertiary/aromatic N) is 1. The van der Waals surface area contributed by atoms with Crippen molar-refractivity contribution in [3.8, 4) is 5.75 Å². The van der Waals surface area contributed by atoms with Gasteiger partial charge in [0.2, 0.25) is 5.91 Å². The van der Waals surface area contributed by atoms with Crippen molar-refractivity contribution in [2.24, 2.45) is 7.05 Å². The van der Waals surface area contributed by atoms with Crippen LogP contribution in [0.2, 0.25) is 0 Å². The number of benzene rings is 1. The van der Waals surface area contributed by atoms with Crippen molar-refractivity contribution >= 4 is 11.8 Å². The molecule has 2 N–H and O–H groups in total. The number of amides is 2. The van der Waals surface area contributed by atoms with Crippen LogP contribution < -0.4 is 15.6 Å². The van der Waals surface area contributed by atoms with Crippen LogP contribution in [0.25, 0.3) is 0 Å². The lowest BCUT2D eigenvalue weighted by Gasteiger charge is -2.10. The second-order valence-corrected chi connectivity index (χ2v) is 5.35. The molecule has 0 fully saturated rings. The van der Waals surface area contributed by atoms with E-state index in [0.29, 0.717) is 5.69 Å². The van der Waals surface area contributed by atoms with E-state index in [0.717, 1.165) is 11.3 Å². The first-order valence-corrected chi connectivity index (χ1v) is 7.38. The minimum Gasteiger partial charge on any atom is -0.493 e. The number of carbonyl (C=O) groups is 2. The van der Waals surface area contributed by atoms with Crippen molar-refractivity contribution in [1.29, 1.82) is 0 Å². The molecule has 0 aliphatic rings. The maximum atomic E-state index is 11.8. The van der Waals surface area contributed by atoms with Crippen LogP contribution in [0.3, 0.4) is 0 Å². The van der Waals surface area contributed by atoms with Gasteiger partial charge in [-0.3, -0.25) is 20.4 Å². The van der Waals surface area contributed by atoms with Crippen molar-refractivity contribution < 1.29 is 14.3 Å². The van der Waals surface area contributed by atoms with Gasteiger partial charge in [-0.2, -0.15) is 0 Å². The highest BCUT2D eigenvalue weighted by atomic mass is 16.5. The molecule has 2 amide bonds. The van der Waals surface area contributed by atoms with Gasteiger partial charge in [-0.05, 0) is 49.2 Å². The Hall–Kier alpha value is -2.76. The maximum Gasteiger partial charge on any atom is 0.286 e. The summed E-state index contributed by atoms with van der Waals surface area (Å²) < 4.78 is 7.20. The van der Waals surface area contributed by atoms with E-state index in [1.165, 1.54) is 5.56 Å². The predicted molar refractivity (Wildman–Crippen MR) is 87.0 cm³/mol. The minimum atomic E-state index is -0.360. The van der Waals surface area contributed by atoms with Gasteiger partial charge in [0.05, 0.1) is 13.0 Å². The lowest BCUT2D eigenvalue weighted by molar-refractivity contribution is -0.122. The lowest BCUT2D eigenvalue weighted by atomic mass is 10.1. The molecule has 6 nitrogen and oxygen atoms in total. The van der Waals surface area contributed by atoms with E-state index in [1.807, 2.05) is 32.0 Å². The van der Waals surface area contributed by atoms with Crippen molar-refractivity contribution in [2.45, 2.75) is 20.3 Å². The van der Waals surface area contributed by atoms with Crippen LogP contribution in [0, 0.1) is 13.8 Å². The summed E-state index contributed by atoms with van der Waals surface area (Å²) >= 11 is 0. The van der Waals surface area contributed by atoms with E-state index in [9.17, 15) is 9.59 Å². The molecule has 0 saturated heterocycles. The van der Waals surface area contributed by atoms with E-state index in [-0.39, 0.29) is 24.8 Å². The fourth-order valence-electron chi connectivity index (χ4n) is 2.02. The van der Waals surface area contributed by atoms with Crippen LogP contribution in [-0.2, 0) is 11.8 Å². The Kier molecular flexibility index (Phi) is 5.41. The normalized spacial score (nSPS) is 10.2. The number of carbonyl (C=O) groups excluding carboxylic acids is 2. The zero-order valence-corrected chi connectivity index (χ0v) is 13.6. The SMILES string of the molecule is Cc1ccc(OCCC(=O)NNC(=O)c2cccn2C)cc1C. The fraction of sp³-hybridized carbons (Fsp3) is 0.294. The average Bonchev–Trinajstić information content (AvgIpc) is 2.94. The third kappa shape index (κ3) is 4.60. The Labute approximate surface area is 135 Å². The first kappa shape index (κ1) is 16.6. The van der Waals surface area contributed by atoms with Crippen LogP contribution >= 0.6 is 0 Å². The highest BCUT2D eigenvalue weighted by Crippen LogP contribution is 2.16. The van der Waals surface area contributed by atoms with Crippen LogP contribution in [0.1, 0.15) is 28.0 Å². The summed E-state index contributed by atoms with van der Waals surface area (Å²) in [4.78, 5) is 23.5. The summed E-state index contributed by atoms with van der Waals surface area (Å²) in [6.07, 6.45) is 1.91. The summed E-state index contributed by atoms with van der Waals surface area (Å²) in [5.41, 5.74) is 7.55. The molecule has 1 heterocycles. The molecular weight excluding hydrogens is 294 g/mol. The number of hydrogen-bond acceptors (Lipinski definition) is 3. The van der Waals surface area contributed by atoms with Gasteiger partial charge in [0, 0.05) is 13.2 Å². The first-order valence-electron chi connectivity index (χ1n) is 7.38. The van der Waals surface area contributed by atoms with Crippen molar-refractivity contribution in [3.05, 3.63) is 53.3 Å². The zero-order valence-electron chi connectivity index (χ0n) is 13.6. The Bertz CT molecular complexity index is 707. The highest BCUT2D eigenvalue weighted by molar-refractivity contribution is 5.94. The van der Waals surface area contributed by atoms with Gasteiger partial charge >= 0.3 is 0 Å². The van der Waals surface area contributed by atoms with Gasteiger partial charge < -0.3 is 9.30 Å². The van der Waals surface area contributed by atoms with Crippen LogP contribution in [0.15, 0.2) is 36.5 Å². The Morgan fingerprint density at radius 1 is 1.13 bits per heavy atom. The molecule has 0 aliphatic carbocycles. The number of aryl methyl sites for hydroxylation is 3. The molecule has 0 spiro atoms. The molecule has 0 aliphatic heterocycles. The maximum absolute atomic E-state index is 11.8. The second kappa shape index (κ2) is 7.49. The molecule has 0 unspecified atom stereocenters. The molecule has 0 atom stereocenters. The summed E-state index contributed by atoms with van der Waals surface area (Å²) in [5, 5.41) is 0. The molecule has 1 aromatic carbocycles. The number of aromatic nitrogens is 1. The number of rotatable bonds is 5. The summed E-state index contributed by atoms with van der Waals surface area (Å²) in [6.45, 7) is 4.28. The molecule has 2 aromatic rings. The summed E-state index contributed by atoms with van der Waals surface area (Å²) in [5.74, 6) is 0.0612. The van der Waals surface area contributed by atoms with E-state index < -0.39 is 0 Å². The van der Waals surface area contributed by atoms with Gasteiger partial charge in [0.15, 0.2) is 0 Å². The van der Waals surface area contributed by atoms with E-state index >= 15 is 0 Å². The van der Waals surface area contributed by atoms with Crippen molar-refractivity contribution in [1.82, 2.24) is 15.4 Å². The third-order valence-electron chi connectivity index (χ3n) is 3.57. The molecule has 122 valence electrons. The summed E-state index contributed by atoms with van der Waals surface area (Å²) in [7, 11) is 1.76. The smallest absolute Gasteiger partial charge is 0.286 e. The van der Waals surface area contributed by atoms with Crippen LogP contribution in [0.4, 0.5) is 0 Å². The third-order valence-corrected chi connectivity index (χ3v) is 3.57. The zero-order chi connectivity index (χ0) is 16.8. The molecule has 2 rings (SSSR count). The molecule has 0 radical (unpaired) electrons. The van der Waals surface area contributed by atoms with E-state index in [1.54, 1.807) is 29.9 Å². The predicted octanol–water partition coefficient (Wildman–Crippen LogP) is 1.87. The number of nitrogens with one attached hydrogen (secondary N) is 2. The topological polar surface area (TPSA) is 72.4 Å². The van der Waals surface area contributed by atoms with Crippen LogP contribution in [0.5, 0.6) is 5.75 Å². The fourth-order valence-corrected chi connectivity index (χ4v) is 2.02. The minimum absolute atomic E-state index is 0.153. The number of hydrazine groups is 1. The average molecular weight is 315 g/mol. The van der Waals surface area contributed by atoms with Gasteiger partial charge in [0.1, 0.15) is 11.4 Å². The monoisotopic (exact) mass is 315 g/mol. The van der Waals surface area contributed by atoms with Gasteiger partial charge in [-0.25, -0.2) is 0 Å². The molecular formula is C17H21N3O3. The first-order chi connectivity index (χ1) is 11.0. The van der Waals surface area contributed by atoms with E-state index in [2.05, 4.69) is 10.9 Å². The lowest BCUT2D eigenvalue weighted by Crippen LogP contribution is -2.42. The number of ether oxygens (including phenoxy) is 1. The van der Waals surface area contributed by atoms with Crippen molar-refractivity contribution in [3.63, 3.8) is 0 Å². The van der Waals surface area contributed by atoms with Crippen molar-refractivity contribution in [2.75, 3.05) is 6.61 Å². The van der Waals surface area contributed by atoms with Gasteiger partial charge in [-0.15, -0.1) is 0 Å². The van der Waals surface area contributed by atoms with Gasteiger partial charge in [0.25, 0.3) is 5.91 Å². The Balaban J connectivity index is 1.72. The second-order valence-electron chi connectivity index (χ2n) is 5.35. The van der Waals surface area contributed by atoms with Gasteiger partial charge in [-0.1, -0.05) is 6.07 Å². The Morgan fingerprint density at radius 3 is 2.57 bits per heavy atom. The standard InChI is InChI=1S/C17H21N3O3/c1-12-6-7-14(11-13(12)2)23-10-8-16(21)18-19-17(22)15-5-4-9-20(15)3/h4-7,9,11H,8,10H2,1-3H3,(H,18,21)(H,19,22). The van der Waals surface area contributed by atoms with Crippen LogP contribution in [-0.4, -0.2) is 23.0 Å². The largest absolute Gasteiger partial charge is 0.493 e. The molecule has 23 heavy (non-hydrogen) atoms. The molecule has 0 saturated carbocycles. The summed E-state index contributed by atoms with van der Waals surface area (Å²) in [6, 6.07) is 9.21. The number of hydrogen-bond donors (Lipinski definition) is 2. The molecule has 6 heteroatoms. The Morgan fingerprint density at radius 2 is 1.91 bits per heavy atom. The molecule has 0 bridgehead atoms.